The molecule has 2 aromatic carbocycles. The Bertz CT molecular complexity index is 779. The van der Waals surface area contributed by atoms with E-state index in [2.05, 4.69) is 44.0 Å². The molecule has 0 fully saturated rings. The molecule has 0 atom stereocenters. The predicted molar refractivity (Wildman–Crippen MR) is 89.3 cm³/mol. The van der Waals surface area contributed by atoms with Gasteiger partial charge in [-0.2, -0.15) is 0 Å². The van der Waals surface area contributed by atoms with Crippen LogP contribution in [0.5, 0.6) is 0 Å². The van der Waals surface area contributed by atoms with Gasteiger partial charge >= 0.3 is 0 Å². The van der Waals surface area contributed by atoms with Gasteiger partial charge < -0.3 is 9.88 Å². The van der Waals surface area contributed by atoms with Crippen LogP contribution in [-0.4, -0.2) is 10.5 Å². The Kier molecular flexibility index (Phi) is 4.06. The number of hydrogen-bond donors (Lipinski definition) is 1. The summed E-state index contributed by atoms with van der Waals surface area (Å²) in [6.45, 7) is 0.670. The summed E-state index contributed by atoms with van der Waals surface area (Å²) in [6, 6.07) is 17.9. The van der Waals surface area contributed by atoms with Crippen molar-refractivity contribution in [1.29, 1.82) is 0 Å². The van der Waals surface area contributed by atoms with Crippen LogP contribution < -0.4 is 5.32 Å². The van der Waals surface area contributed by atoms with Gasteiger partial charge in [-0.25, -0.2) is 0 Å². The number of halogens is 1. The van der Waals surface area contributed by atoms with Crippen LogP contribution in [0.1, 0.15) is 6.42 Å². The molecule has 0 aliphatic heterocycles. The highest BCUT2D eigenvalue weighted by Gasteiger charge is 2.06. The zero-order valence-electron chi connectivity index (χ0n) is 11.4. The second-order valence-electron chi connectivity index (χ2n) is 4.85. The Balaban J connectivity index is 1.65. The van der Waals surface area contributed by atoms with E-state index >= 15 is 0 Å². The first kappa shape index (κ1) is 13.9. The zero-order chi connectivity index (χ0) is 14.7. The average Bonchev–Trinajstić information content (AvgIpc) is 2.91. The molecule has 0 radical (unpaired) electrons. The quantitative estimate of drug-likeness (QED) is 0.747. The van der Waals surface area contributed by atoms with Crippen molar-refractivity contribution in [3.05, 3.63) is 65.3 Å². The van der Waals surface area contributed by atoms with Crippen LogP contribution in [-0.2, 0) is 11.3 Å². The fourth-order valence-electron chi connectivity index (χ4n) is 2.33. The van der Waals surface area contributed by atoms with E-state index in [0.29, 0.717) is 13.0 Å². The van der Waals surface area contributed by atoms with Crippen molar-refractivity contribution in [2.75, 3.05) is 5.32 Å². The molecule has 0 aliphatic carbocycles. The molecule has 0 saturated heterocycles. The maximum Gasteiger partial charge on any atom is 0.226 e. The van der Waals surface area contributed by atoms with Gasteiger partial charge in [0.2, 0.25) is 5.91 Å². The van der Waals surface area contributed by atoms with E-state index in [-0.39, 0.29) is 5.91 Å². The molecule has 1 heterocycles. The van der Waals surface area contributed by atoms with Gasteiger partial charge in [0.15, 0.2) is 0 Å². The minimum absolute atomic E-state index is 0.0136. The zero-order valence-corrected chi connectivity index (χ0v) is 13.0. The van der Waals surface area contributed by atoms with Crippen LogP contribution >= 0.6 is 15.9 Å². The summed E-state index contributed by atoms with van der Waals surface area (Å²) in [5, 5.41) is 4.12. The molecule has 3 aromatic rings. The lowest BCUT2D eigenvalue weighted by atomic mass is 10.2. The number of carbonyl (C=O) groups excluding carboxylic acids is 1. The summed E-state index contributed by atoms with van der Waals surface area (Å²) in [5.41, 5.74) is 1.96. The van der Waals surface area contributed by atoms with E-state index in [1.807, 2.05) is 42.6 Å². The predicted octanol–water partition coefficient (Wildman–Crippen LogP) is 4.43. The molecular weight excluding hydrogens is 328 g/mol. The maximum absolute atomic E-state index is 12.1. The molecule has 21 heavy (non-hydrogen) atoms. The number of anilines is 1. The largest absolute Gasteiger partial charge is 0.347 e. The Morgan fingerprint density at radius 3 is 2.67 bits per heavy atom. The van der Waals surface area contributed by atoms with E-state index in [1.54, 1.807) is 0 Å². The number of fused-ring (bicyclic) bond motifs is 1. The van der Waals surface area contributed by atoms with Crippen molar-refractivity contribution < 1.29 is 4.79 Å². The highest BCUT2D eigenvalue weighted by Crippen LogP contribution is 2.21. The van der Waals surface area contributed by atoms with Crippen molar-refractivity contribution in [3.8, 4) is 0 Å². The molecule has 0 aliphatic rings. The Morgan fingerprint density at radius 1 is 1.05 bits per heavy atom. The minimum Gasteiger partial charge on any atom is -0.347 e. The Morgan fingerprint density at radius 2 is 1.81 bits per heavy atom. The van der Waals surface area contributed by atoms with E-state index in [4.69, 9.17) is 0 Å². The molecule has 0 bridgehead atoms. The number of aromatic nitrogens is 1. The van der Waals surface area contributed by atoms with Crippen LogP contribution in [0.3, 0.4) is 0 Å². The number of nitrogens with one attached hydrogen (secondary N) is 1. The van der Waals surface area contributed by atoms with Gasteiger partial charge in [0, 0.05) is 29.2 Å². The standard InChI is InChI=1S/C17H15BrN2O/c18-14-6-2-3-7-15(14)19-17(21)10-12-20-11-9-13-5-1-4-8-16(13)20/h1-9,11H,10,12H2,(H,19,21). The van der Waals surface area contributed by atoms with Gasteiger partial charge in [-0.3, -0.25) is 4.79 Å². The van der Waals surface area contributed by atoms with Crippen molar-refractivity contribution in [1.82, 2.24) is 4.57 Å². The van der Waals surface area contributed by atoms with E-state index in [9.17, 15) is 4.79 Å². The number of para-hydroxylation sites is 2. The number of amides is 1. The molecule has 0 saturated carbocycles. The summed E-state index contributed by atoms with van der Waals surface area (Å²) < 4.78 is 3.00. The third-order valence-electron chi connectivity index (χ3n) is 3.41. The smallest absolute Gasteiger partial charge is 0.226 e. The van der Waals surface area contributed by atoms with Crippen LogP contribution in [0.4, 0.5) is 5.69 Å². The first-order valence-corrected chi connectivity index (χ1v) is 7.61. The monoisotopic (exact) mass is 342 g/mol. The van der Waals surface area contributed by atoms with Gasteiger partial charge in [-0.05, 0) is 45.6 Å². The van der Waals surface area contributed by atoms with Crippen LogP contribution in [0.25, 0.3) is 10.9 Å². The Labute approximate surface area is 131 Å². The van der Waals surface area contributed by atoms with Gasteiger partial charge in [0.25, 0.3) is 0 Å². The fraction of sp³-hybridized carbons (Fsp3) is 0.118. The summed E-state index contributed by atoms with van der Waals surface area (Å²) >= 11 is 3.43. The molecule has 1 N–H and O–H groups in total. The molecule has 0 unspecified atom stereocenters. The lowest BCUT2D eigenvalue weighted by molar-refractivity contribution is -0.116. The van der Waals surface area contributed by atoms with Crippen LogP contribution in [0.2, 0.25) is 0 Å². The molecular formula is C17H15BrN2O. The normalized spacial score (nSPS) is 10.7. The van der Waals surface area contributed by atoms with Gasteiger partial charge in [0.1, 0.15) is 0 Å². The van der Waals surface area contributed by atoms with Crippen LogP contribution in [0, 0.1) is 0 Å². The number of aryl methyl sites for hydroxylation is 1. The fourth-order valence-corrected chi connectivity index (χ4v) is 2.72. The molecule has 3 nitrogen and oxygen atoms in total. The summed E-state index contributed by atoms with van der Waals surface area (Å²) in [7, 11) is 0. The minimum atomic E-state index is 0.0136. The SMILES string of the molecule is O=C(CCn1ccc2ccccc21)Nc1ccccc1Br. The highest BCUT2D eigenvalue weighted by atomic mass is 79.9. The molecule has 1 aromatic heterocycles. The number of carbonyl (C=O) groups is 1. The maximum atomic E-state index is 12.1. The van der Waals surface area contributed by atoms with Crippen LogP contribution in [0.15, 0.2) is 65.3 Å². The molecule has 106 valence electrons. The number of benzene rings is 2. The van der Waals surface area contributed by atoms with E-state index in [0.717, 1.165) is 15.7 Å². The summed E-state index contributed by atoms with van der Waals surface area (Å²) in [6.07, 6.45) is 2.47. The second-order valence-corrected chi connectivity index (χ2v) is 5.70. The third-order valence-corrected chi connectivity index (χ3v) is 4.10. The van der Waals surface area contributed by atoms with Crippen molar-refractivity contribution >= 4 is 38.4 Å². The van der Waals surface area contributed by atoms with Crippen molar-refractivity contribution in [2.45, 2.75) is 13.0 Å². The molecule has 4 heteroatoms. The first-order chi connectivity index (χ1) is 10.2. The Hall–Kier alpha value is -2.07. The van der Waals surface area contributed by atoms with E-state index < -0.39 is 0 Å². The summed E-state index contributed by atoms with van der Waals surface area (Å²) in [5.74, 6) is 0.0136. The highest BCUT2D eigenvalue weighted by molar-refractivity contribution is 9.10. The topological polar surface area (TPSA) is 34.0 Å². The average molecular weight is 343 g/mol. The van der Waals surface area contributed by atoms with Crippen molar-refractivity contribution in [2.24, 2.45) is 0 Å². The van der Waals surface area contributed by atoms with Gasteiger partial charge in [-0.15, -0.1) is 0 Å². The lowest BCUT2D eigenvalue weighted by Crippen LogP contribution is -2.14. The number of rotatable bonds is 4. The van der Waals surface area contributed by atoms with Gasteiger partial charge in [0.05, 0.1) is 5.69 Å². The molecule has 3 rings (SSSR count). The summed E-state index contributed by atoms with van der Waals surface area (Å²) in [4.78, 5) is 12.1. The third kappa shape index (κ3) is 3.16. The van der Waals surface area contributed by atoms with Gasteiger partial charge in [-0.1, -0.05) is 30.3 Å². The second kappa shape index (κ2) is 6.14. The lowest BCUT2D eigenvalue weighted by Gasteiger charge is -2.08. The molecule has 0 spiro atoms. The van der Waals surface area contributed by atoms with E-state index in [1.165, 1.54) is 5.39 Å². The first-order valence-electron chi connectivity index (χ1n) is 6.82. The number of hydrogen-bond acceptors (Lipinski definition) is 1. The van der Waals surface area contributed by atoms with Crippen molar-refractivity contribution in [3.63, 3.8) is 0 Å². The molecule has 1 amide bonds. The number of nitrogens with zero attached hydrogens (tertiary/aromatic N) is 1.